The number of phosphoric ester groups is 1. The van der Waals surface area contributed by atoms with E-state index in [-0.39, 0.29) is 78.0 Å². The Kier molecular flexibility index (Phi) is 14.1. The highest BCUT2D eigenvalue weighted by Crippen LogP contribution is 2.70. The minimum absolute atomic E-state index is 0.0209. The zero-order valence-electron chi connectivity index (χ0n) is 35.3. The molecule has 1 aromatic rings. The predicted molar refractivity (Wildman–Crippen MR) is 225 cm³/mol. The maximum Gasteiger partial charge on any atom is 0.470 e. The highest BCUT2D eigenvalue weighted by molar-refractivity contribution is 9.09. The van der Waals surface area contributed by atoms with Crippen LogP contribution < -0.4 is 20.7 Å². The molecule has 7 N–H and O–H groups in total. The number of Topliss-reactive ketones (excluding diaryl/α,β-unsaturated/α-hetero) is 1. The Bertz CT molecular complexity index is 2160. The number of rotatable bonds is 16. The van der Waals surface area contributed by atoms with Gasteiger partial charge in [0.15, 0.2) is 23.5 Å². The molecule has 5 aliphatic carbocycles. The summed E-state index contributed by atoms with van der Waals surface area (Å²) in [7, 11) is -5.10. The van der Waals surface area contributed by atoms with Gasteiger partial charge in [-0.15, -0.1) is 0 Å². The van der Waals surface area contributed by atoms with Crippen LogP contribution in [0.1, 0.15) is 89.9 Å². The third-order valence-electron chi connectivity index (χ3n) is 14.4. The van der Waals surface area contributed by atoms with Crippen molar-refractivity contribution >= 4 is 59.0 Å². The lowest BCUT2D eigenvalue weighted by Gasteiger charge is -2.59. The lowest BCUT2D eigenvalue weighted by atomic mass is 9.46. The van der Waals surface area contributed by atoms with Crippen molar-refractivity contribution in [3.63, 3.8) is 0 Å². The van der Waals surface area contributed by atoms with Crippen molar-refractivity contribution in [2.45, 2.75) is 120 Å². The molecule has 7 rings (SSSR count). The number of nitrogens with one attached hydrogen (secondary N) is 3. The highest BCUT2D eigenvalue weighted by atomic mass is 79.9. The van der Waals surface area contributed by atoms with Gasteiger partial charge in [0, 0.05) is 40.8 Å². The minimum Gasteiger partial charge on any atom is -0.490 e. The zero-order valence-corrected chi connectivity index (χ0v) is 37.8. The van der Waals surface area contributed by atoms with Gasteiger partial charge in [0.1, 0.15) is 24.2 Å². The third kappa shape index (κ3) is 9.52. The molecule has 1 aromatic carbocycles. The summed E-state index contributed by atoms with van der Waals surface area (Å²) < 4.78 is 51.7. The van der Waals surface area contributed by atoms with Gasteiger partial charge in [-0.2, -0.15) is 0 Å². The Labute approximate surface area is 376 Å². The van der Waals surface area contributed by atoms with Crippen molar-refractivity contribution in [3.8, 4) is 5.75 Å². The Balaban J connectivity index is 1.01. The number of hydrogen-bond acceptors (Lipinski definition) is 12. The van der Waals surface area contributed by atoms with Gasteiger partial charge < -0.3 is 50.2 Å². The summed E-state index contributed by atoms with van der Waals surface area (Å²) in [4.78, 5) is 94.0. The van der Waals surface area contributed by atoms with E-state index in [0.717, 1.165) is 5.57 Å². The average molecular weight is 983 g/mol. The lowest BCUT2D eigenvalue weighted by Crippen LogP contribution is -2.63. The second-order valence-corrected chi connectivity index (χ2v) is 20.0. The SMILES string of the molecule is C[C@]12C=CC(=O)C=C1CC[C@@H]1[C@@H]2[C@@H](O)C[C@@]2(C)[C@H]1C[C@H]1O[C@@H](c3ccc(OC4CCC(NC(=O)[C@H](CCC(=O)O)NC(=O)CNC(=O)CBr)CC4)cc3F)O[C@]12C(=O)COP(=O)(O)O. The van der Waals surface area contributed by atoms with Crippen molar-refractivity contribution in [3.05, 3.63) is 53.4 Å². The van der Waals surface area contributed by atoms with Crippen LogP contribution in [0.25, 0.3) is 0 Å². The number of ketones is 2. The summed E-state index contributed by atoms with van der Waals surface area (Å²) >= 11 is 2.97. The fourth-order valence-corrected chi connectivity index (χ4v) is 12.0. The van der Waals surface area contributed by atoms with E-state index in [1.807, 2.05) is 19.9 Å². The lowest BCUT2D eigenvalue weighted by molar-refractivity contribution is -0.201. The average Bonchev–Trinajstić information content (AvgIpc) is 3.73. The van der Waals surface area contributed by atoms with Crippen molar-refractivity contribution in [2.75, 3.05) is 18.5 Å². The number of carbonyl (C=O) groups is 6. The molecule has 64 heavy (non-hydrogen) atoms. The van der Waals surface area contributed by atoms with Gasteiger partial charge in [-0.1, -0.05) is 41.4 Å². The largest absolute Gasteiger partial charge is 0.490 e. The van der Waals surface area contributed by atoms with Crippen LogP contribution in [0.2, 0.25) is 0 Å². The smallest absolute Gasteiger partial charge is 0.470 e. The van der Waals surface area contributed by atoms with Crippen molar-refractivity contribution < 1.29 is 76.5 Å². The molecular formula is C43H54BrFN3O15P. The quantitative estimate of drug-likeness (QED) is 0.0926. The zero-order chi connectivity index (χ0) is 46.4. The number of phosphoric acid groups is 1. The number of fused-ring (bicyclic) bond motifs is 7. The molecule has 21 heteroatoms. The number of allylic oxidation sites excluding steroid dienone is 4. The molecule has 18 nitrogen and oxygen atoms in total. The summed E-state index contributed by atoms with van der Waals surface area (Å²) in [6, 6.07) is 2.66. The fraction of sp³-hybridized carbons (Fsp3) is 0.628. The Morgan fingerprint density at radius 1 is 1.08 bits per heavy atom. The molecule has 4 saturated carbocycles. The van der Waals surface area contributed by atoms with Crippen LogP contribution in [-0.2, 0) is 47.3 Å². The molecule has 0 radical (unpaired) electrons. The Morgan fingerprint density at radius 3 is 2.48 bits per heavy atom. The number of aliphatic hydroxyl groups is 1. The van der Waals surface area contributed by atoms with E-state index in [9.17, 15) is 48.2 Å². The molecule has 0 aromatic heterocycles. The van der Waals surface area contributed by atoms with Gasteiger partial charge in [-0.25, -0.2) is 8.96 Å². The van der Waals surface area contributed by atoms with Gasteiger partial charge in [0.05, 0.1) is 30.2 Å². The van der Waals surface area contributed by atoms with Crippen molar-refractivity contribution in [2.24, 2.45) is 28.6 Å². The van der Waals surface area contributed by atoms with Crippen LogP contribution in [0.4, 0.5) is 4.39 Å². The Morgan fingerprint density at radius 2 is 1.81 bits per heavy atom. The number of carboxylic acids is 1. The molecule has 5 fully saturated rings. The van der Waals surface area contributed by atoms with E-state index < -0.39 is 97.2 Å². The molecule has 3 amide bonds. The van der Waals surface area contributed by atoms with Crippen molar-refractivity contribution in [1.29, 1.82) is 0 Å². The normalized spacial score (nSPS) is 34.5. The van der Waals surface area contributed by atoms with Gasteiger partial charge in [-0.05, 0) is 93.9 Å². The van der Waals surface area contributed by atoms with Gasteiger partial charge in [-0.3, -0.25) is 33.3 Å². The van der Waals surface area contributed by atoms with Crippen LogP contribution in [0.5, 0.6) is 5.75 Å². The summed E-state index contributed by atoms with van der Waals surface area (Å²) in [6.07, 6.45) is 4.17. The molecule has 6 aliphatic rings. The fourth-order valence-electron chi connectivity index (χ4n) is 11.6. The maximum atomic E-state index is 16.1. The van der Waals surface area contributed by atoms with Crippen LogP contribution in [0.15, 0.2) is 42.0 Å². The van der Waals surface area contributed by atoms with E-state index in [0.29, 0.717) is 38.5 Å². The summed E-state index contributed by atoms with van der Waals surface area (Å²) in [5, 5.41) is 28.8. The number of amides is 3. The first kappa shape index (κ1) is 48.1. The first-order valence-electron chi connectivity index (χ1n) is 21.5. The van der Waals surface area contributed by atoms with Gasteiger partial charge in [0.25, 0.3) is 0 Å². The number of ether oxygens (including phenoxy) is 3. The molecule has 10 atom stereocenters. The topological polar surface area (TPSA) is 273 Å². The van der Waals surface area contributed by atoms with Gasteiger partial charge >= 0.3 is 13.8 Å². The molecule has 0 unspecified atom stereocenters. The van der Waals surface area contributed by atoms with E-state index >= 15 is 4.39 Å². The summed E-state index contributed by atoms with van der Waals surface area (Å²) in [6.45, 7) is 2.41. The number of benzene rings is 1. The number of halogens is 2. The van der Waals surface area contributed by atoms with E-state index in [2.05, 4.69) is 31.9 Å². The molecular weight excluding hydrogens is 928 g/mol. The first-order chi connectivity index (χ1) is 30.2. The number of hydrogen-bond donors (Lipinski definition) is 7. The van der Waals surface area contributed by atoms with Crippen LogP contribution in [-0.4, -0.2) is 110 Å². The van der Waals surface area contributed by atoms with Crippen molar-refractivity contribution in [1.82, 2.24) is 16.0 Å². The number of aliphatic carboxylic acids is 1. The van der Waals surface area contributed by atoms with Crippen LogP contribution >= 0.6 is 23.8 Å². The predicted octanol–water partition coefficient (Wildman–Crippen LogP) is 3.21. The van der Waals surface area contributed by atoms with E-state index in [1.165, 1.54) is 24.3 Å². The molecule has 1 heterocycles. The molecule has 0 bridgehead atoms. The second kappa shape index (κ2) is 18.8. The van der Waals surface area contributed by atoms with E-state index in [4.69, 9.17) is 23.8 Å². The molecule has 1 saturated heterocycles. The molecule has 1 aliphatic heterocycles. The highest BCUT2D eigenvalue weighted by Gasteiger charge is 2.76. The molecule has 0 spiro atoms. The third-order valence-corrected chi connectivity index (χ3v) is 15.4. The van der Waals surface area contributed by atoms with Crippen LogP contribution in [0.3, 0.4) is 0 Å². The standard InChI is InChI=1S/C43H54BrFN3O15P/c1-41-14-13-24(49)15-22(41)3-9-27-29-17-34-43(33(51)21-60-64(57,58)59,42(29,2)18-32(50)38(27)41)63-40(62-34)28-10-8-26(16-30(28)45)61-25-6-4-23(5-7-25)47-39(56)31(11-12-37(54)55)48-36(53)20-46-35(52)19-44/h8,10,13-16,23,25,27,29,31-32,34,38,40,50H,3-7,9,11-12,17-21H2,1-2H3,(H,46,52)(H,47,56)(H,48,53)(H,54,55)(H2,57,58,59)/t23?,25?,27-,29-,31-,32-,34+,38+,40+,41-,42-,43+/m0/s1. The number of carbonyl (C=O) groups excluding carboxylic acids is 5. The van der Waals surface area contributed by atoms with Gasteiger partial charge in [0.2, 0.25) is 17.7 Å². The molecule has 350 valence electrons. The minimum atomic E-state index is -5.10. The maximum absolute atomic E-state index is 16.1. The number of carboxylic acid groups (broad SMARTS) is 1. The van der Waals surface area contributed by atoms with Crippen LogP contribution in [0, 0.1) is 34.4 Å². The first-order valence-corrected chi connectivity index (χ1v) is 24.1. The number of aliphatic hydroxyl groups excluding tert-OH is 1. The summed E-state index contributed by atoms with van der Waals surface area (Å²) in [5.74, 6) is -4.98. The van der Waals surface area contributed by atoms with E-state index in [1.54, 1.807) is 6.08 Å². The second-order valence-electron chi connectivity index (χ2n) is 18.2. The monoisotopic (exact) mass is 981 g/mol. The Hall–Kier alpha value is -3.88. The number of alkyl halides is 1. The summed E-state index contributed by atoms with van der Waals surface area (Å²) in [5.41, 5.74) is -2.72.